The molecule has 0 spiro atoms. The van der Waals surface area contributed by atoms with E-state index in [4.69, 9.17) is 9.47 Å². The predicted octanol–water partition coefficient (Wildman–Crippen LogP) is 13.9. The summed E-state index contributed by atoms with van der Waals surface area (Å²) >= 11 is 0. The van der Waals surface area contributed by atoms with Crippen LogP contribution in [0.15, 0.2) is 0 Å². The van der Waals surface area contributed by atoms with Crippen molar-refractivity contribution >= 4 is 11.9 Å². The summed E-state index contributed by atoms with van der Waals surface area (Å²) in [6, 6.07) is 0. The van der Waals surface area contributed by atoms with Crippen molar-refractivity contribution in [2.45, 2.75) is 258 Å². The molecule has 0 heterocycles. The average molecular weight is 695 g/mol. The van der Waals surface area contributed by atoms with E-state index in [1.165, 1.54) is 193 Å². The Hall–Kier alpha value is -1.10. The monoisotopic (exact) mass is 695 g/mol. The largest absolute Gasteiger partial charge is 0.462 e. The molecule has 0 aromatic carbocycles. The molecule has 49 heavy (non-hydrogen) atoms. The van der Waals surface area contributed by atoms with Crippen LogP contribution in [-0.2, 0) is 19.1 Å². The van der Waals surface area contributed by atoms with Gasteiger partial charge in [-0.3, -0.25) is 9.59 Å². The average Bonchev–Trinajstić information content (AvgIpc) is 3.10. The fourth-order valence-electron chi connectivity index (χ4n) is 6.79. The van der Waals surface area contributed by atoms with Crippen LogP contribution in [0.1, 0.15) is 251 Å². The van der Waals surface area contributed by atoms with E-state index < -0.39 is 6.10 Å². The smallest absolute Gasteiger partial charge is 0.306 e. The fourth-order valence-corrected chi connectivity index (χ4v) is 6.79. The Labute approximate surface area is 306 Å². The normalized spacial score (nSPS) is 12.0. The number of esters is 2. The molecule has 0 aromatic heterocycles. The van der Waals surface area contributed by atoms with Crippen LogP contribution in [0.2, 0.25) is 0 Å². The van der Waals surface area contributed by atoms with Crippen molar-refractivity contribution in [3.63, 3.8) is 0 Å². The molecule has 5 nitrogen and oxygen atoms in total. The van der Waals surface area contributed by atoms with Gasteiger partial charge in [0.25, 0.3) is 0 Å². The molecule has 0 aromatic rings. The zero-order valence-corrected chi connectivity index (χ0v) is 33.2. The molecule has 292 valence electrons. The Kier molecular flexibility index (Phi) is 40.4. The summed E-state index contributed by atoms with van der Waals surface area (Å²) in [4.78, 5) is 24.2. The number of aliphatic hydroxyl groups is 1. The zero-order valence-electron chi connectivity index (χ0n) is 33.2. The Bertz CT molecular complexity index is 666. The van der Waals surface area contributed by atoms with Gasteiger partial charge >= 0.3 is 11.9 Å². The topological polar surface area (TPSA) is 72.8 Å². The second kappa shape index (κ2) is 41.3. The van der Waals surface area contributed by atoms with Crippen molar-refractivity contribution in [3.8, 4) is 0 Å². The lowest BCUT2D eigenvalue weighted by molar-refractivity contribution is -0.161. The summed E-state index contributed by atoms with van der Waals surface area (Å²) in [7, 11) is 0. The first-order chi connectivity index (χ1) is 24.1. The molecule has 0 radical (unpaired) electrons. The van der Waals surface area contributed by atoms with Gasteiger partial charge in [0, 0.05) is 12.8 Å². The van der Waals surface area contributed by atoms with Crippen LogP contribution in [-0.4, -0.2) is 36.4 Å². The molecule has 0 saturated heterocycles. The Morgan fingerprint density at radius 2 is 0.633 bits per heavy atom. The minimum absolute atomic E-state index is 0.0570. The molecule has 0 saturated carbocycles. The lowest BCUT2D eigenvalue weighted by Gasteiger charge is -2.15. The van der Waals surface area contributed by atoms with E-state index in [0.717, 1.165) is 32.1 Å². The van der Waals surface area contributed by atoms with Gasteiger partial charge in [0.2, 0.25) is 0 Å². The van der Waals surface area contributed by atoms with E-state index in [1.54, 1.807) is 0 Å². The summed E-state index contributed by atoms with van der Waals surface area (Å²) in [6.07, 6.45) is 46.2. The number of carbonyl (C=O) groups is 2. The molecule has 5 heteroatoms. The molecular weight excluding hydrogens is 608 g/mol. The lowest BCUT2D eigenvalue weighted by Crippen LogP contribution is -2.28. The van der Waals surface area contributed by atoms with Crippen molar-refractivity contribution in [2.24, 2.45) is 0 Å². The van der Waals surface area contributed by atoms with E-state index in [1.807, 2.05) is 0 Å². The van der Waals surface area contributed by atoms with E-state index in [9.17, 15) is 14.7 Å². The van der Waals surface area contributed by atoms with Gasteiger partial charge in [0.15, 0.2) is 6.10 Å². The second-order valence-electron chi connectivity index (χ2n) is 15.1. The molecular formula is C44H86O5. The van der Waals surface area contributed by atoms with Crippen molar-refractivity contribution in [1.29, 1.82) is 0 Å². The molecule has 0 amide bonds. The summed E-state index contributed by atoms with van der Waals surface area (Å²) < 4.78 is 10.6. The number of ether oxygens (including phenoxy) is 2. The molecule has 0 aliphatic heterocycles. The maximum atomic E-state index is 12.2. The number of unbranched alkanes of at least 4 members (excludes halogenated alkanes) is 33. The van der Waals surface area contributed by atoms with Crippen LogP contribution >= 0.6 is 0 Å². The first kappa shape index (κ1) is 47.9. The molecule has 1 unspecified atom stereocenters. The van der Waals surface area contributed by atoms with Gasteiger partial charge < -0.3 is 14.6 Å². The summed E-state index contributed by atoms with van der Waals surface area (Å²) in [5, 5.41) is 9.56. The minimum Gasteiger partial charge on any atom is -0.462 e. The van der Waals surface area contributed by atoms with Crippen LogP contribution in [0.4, 0.5) is 0 Å². The van der Waals surface area contributed by atoms with Crippen molar-refractivity contribution in [1.82, 2.24) is 0 Å². The van der Waals surface area contributed by atoms with Gasteiger partial charge in [-0.25, -0.2) is 0 Å². The maximum absolute atomic E-state index is 12.2. The quantitative estimate of drug-likeness (QED) is 0.0509. The van der Waals surface area contributed by atoms with Crippen LogP contribution in [0.25, 0.3) is 0 Å². The highest BCUT2D eigenvalue weighted by Gasteiger charge is 2.16. The Balaban J connectivity index is 3.41. The minimum atomic E-state index is -0.761. The Morgan fingerprint density at radius 3 is 0.898 bits per heavy atom. The van der Waals surface area contributed by atoms with Gasteiger partial charge in [-0.1, -0.05) is 226 Å². The van der Waals surface area contributed by atoms with E-state index in [0.29, 0.717) is 12.8 Å². The van der Waals surface area contributed by atoms with Gasteiger partial charge in [-0.05, 0) is 12.8 Å². The molecule has 0 aliphatic carbocycles. The molecule has 0 fully saturated rings. The maximum Gasteiger partial charge on any atom is 0.306 e. The predicted molar refractivity (Wildman–Crippen MR) is 210 cm³/mol. The van der Waals surface area contributed by atoms with Crippen molar-refractivity contribution < 1.29 is 24.2 Å². The van der Waals surface area contributed by atoms with Crippen molar-refractivity contribution in [2.75, 3.05) is 13.2 Å². The molecule has 0 rings (SSSR count). The third kappa shape index (κ3) is 39.5. The summed E-state index contributed by atoms with van der Waals surface area (Å²) in [6.45, 7) is 4.16. The number of rotatable bonds is 41. The Morgan fingerprint density at radius 1 is 0.388 bits per heavy atom. The van der Waals surface area contributed by atoms with Gasteiger partial charge in [0.05, 0.1) is 6.61 Å². The number of aliphatic hydroxyl groups excluding tert-OH is 1. The highest BCUT2D eigenvalue weighted by Crippen LogP contribution is 2.16. The first-order valence-electron chi connectivity index (χ1n) is 22.1. The lowest BCUT2D eigenvalue weighted by atomic mass is 10.0. The molecule has 0 bridgehead atoms. The second-order valence-corrected chi connectivity index (χ2v) is 15.1. The van der Waals surface area contributed by atoms with E-state index in [-0.39, 0.29) is 25.2 Å². The molecule has 0 aliphatic rings. The highest BCUT2D eigenvalue weighted by atomic mass is 16.6. The van der Waals surface area contributed by atoms with Gasteiger partial charge in [-0.15, -0.1) is 0 Å². The van der Waals surface area contributed by atoms with E-state index in [2.05, 4.69) is 13.8 Å². The van der Waals surface area contributed by atoms with Crippen molar-refractivity contribution in [3.05, 3.63) is 0 Å². The highest BCUT2D eigenvalue weighted by molar-refractivity contribution is 5.70. The fraction of sp³-hybridized carbons (Fsp3) is 0.955. The number of hydrogen-bond acceptors (Lipinski definition) is 5. The first-order valence-corrected chi connectivity index (χ1v) is 22.1. The van der Waals surface area contributed by atoms with Crippen LogP contribution in [0.5, 0.6) is 0 Å². The number of hydrogen-bond donors (Lipinski definition) is 1. The van der Waals surface area contributed by atoms with Gasteiger partial charge in [-0.2, -0.15) is 0 Å². The van der Waals surface area contributed by atoms with Crippen LogP contribution < -0.4 is 0 Å². The van der Waals surface area contributed by atoms with Crippen LogP contribution in [0, 0.1) is 0 Å². The third-order valence-electron chi connectivity index (χ3n) is 10.2. The summed E-state index contributed by atoms with van der Waals surface area (Å²) in [5.41, 5.74) is 0. The summed E-state index contributed by atoms with van der Waals surface area (Å²) in [5.74, 6) is -0.574. The van der Waals surface area contributed by atoms with Gasteiger partial charge in [0.1, 0.15) is 6.61 Å². The molecule has 1 N–H and O–H groups in total. The SMILES string of the molecule is CCCCCCCCCCCCCCCCCCCCCCCCCCC(=O)OC(CO)COC(=O)CCCCCCCCCCCCC. The molecule has 1 atom stereocenters. The zero-order chi connectivity index (χ0) is 35.7. The third-order valence-corrected chi connectivity index (χ3v) is 10.2. The van der Waals surface area contributed by atoms with Crippen LogP contribution in [0.3, 0.4) is 0 Å². The number of carbonyl (C=O) groups excluding carboxylic acids is 2. The van der Waals surface area contributed by atoms with E-state index >= 15 is 0 Å². The standard InChI is InChI=1S/C44H86O5/c1-3-5-7-9-11-13-15-16-17-18-19-20-21-22-23-24-25-26-27-29-31-33-35-37-39-44(47)49-42(40-45)41-48-43(46)38-36-34-32-30-28-14-12-10-8-6-4-2/h42,45H,3-41H2,1-2H3.